The molecule has 2 rings (SSSR count). The van der Waals surface area contributed by atoms with Gasteiger partial charge in [-0.25, -0.2) is 0 Å². The predicted octanol–water partition coefficient (Wildman–Crippen LogP) is 2.22. The van der Waals surface area contributed by atoms with Crippen LogP contribution in [0.1, 0.15) is 22.3 Å². The molecule has 82 valence electrons. The first kappa shape index (κ1) is 11.4. The summed E-state index contributed by atoms with van der Waals surface area (Å²) in [6, 6.07) is 12.9. The van der Waals surface area contributed by atoms with E-state index < -0.39 is 0 Å². The fourth-order valence-corrected chi connectivity index (χ4v) is 1.40. The minimum absolute atomic E-state index is 0.468. The second kappa shape index (κ2) is 5.30. The second-order valence-corrected chi connectivity index (χ2v) is 3.48. The quantitative estimate of drug-likeness (QED) is 0.651. The molecule has 0 fully saturated rings. The molecular weight excluding hydrogens is 222 g/mol. The summed E-state index contributed by atoms with van der Waals surface area (Å²) < 4.78 is 0. The smallest absolute Gasteiger partial charge is 0.101 e. The van der Waals surface area contributed by atoms with E-state index >= 15 is 0 Å². The molecule has 0 spiro atoms. The topological polar surface area (TPSA) is 60.5 Å². The molecule has 18 heavy (non-hydrogen) atoms. The monoisotopic (exact) mass is 229 g/mol. The third-order valence-electron chi connectivity index (χ3n) is 2.26. The number of pyridine rings is 1. The fourth-order valence-electron chi connectivity index (χ4n) is 1.40. The van der Waals surface area contributed by atoms with Gasteiger partial charge in [-0.1, -0.05) is 24.0 Å². The summed E-state index contributed by atoms with van der Waals surface area (Å²) in [6.07, 6.45) is 3.07. The first-order chi connectivity index (χ1) is 8.83. The summed E-state index contributed by atoms with van der Waals surface area (Å²) in [6.45, 7) is 0. The van der Waals surface area contributed by atoms with Crippen LogP contribution in [0.5, 0.6) is 0 Å². The zero-order valence-corrected chi connectivity index (χ0v) is 9.38. The lowest BCUT2D eigenvalue weighted by Crippen LogP contribution is -1.84. The molecule has 1 aromatic heterocycles. The lowest BCUT2D eigenvalue weighted by Gasteiger charge is -1.93. The van der Waals surface area contributed by atoms with E-state index in [9.17, 15) is 0 Å². The molecular formula is C15H7N3. The van der Waals surface area contributed by atoms with Crippen LogP contribution in [0.25, 0.3) is 0 Å². The van der Waals surface area contributed by atoms with Gasteiger partial charge in [0.05, 0.1) is 11.1 Å². The zero-order valence-electron chi connectivity index (χ0n) is 9.38. The van der Waals surface area contributed by atoms with Crippen LogP contribution in [0.4, 0.5) is 0 Å². The highest BCUT2D eigenvalue weighted by atomic mass is 14.6. The van der Waals surface area contributed by atoms with Crippen LogP contribution in [0, 0.1) is 34.5 Å². The van der Waals surface area contributed by atoms with Gasteiger partial charge in [0.2, 0.25) is 0 Å². The van der Waals surface area contributed by atoms with Crippen LogP contribution in [-0.2, 0) is 0 Å². The maximum atomic E-state index is 8.92. The van der Waals surface area contributed by atoms with E-state index in [1.165, 1.54) is 6.20 Å². The standard InChI is InChI=1S/C15H7N3/c16-8-13-7-12(10-18-11-13)5-6-14-3-1-2-4-15(14)9-17/h1-4,7,10-11H. The summed E-state index contributed by atoms with van der Waals surface area (Å²) in [4.78, 5) is 3.92. The van der Waals surface area contributed by atoms with Crippen molar-refractivity contribution in [1.29, 1.82) is 10.5 Å². The van der Waals surface area contributed by atoms with Crippen molar-refractivity contribution in [2.45, 2.75) is 0 Å². The molecule has 1 heterocycles. The highest BCUT2D eigenvalue weighted by molar-refractivity contribution is 5.51. The number of nitrogens with zero attached hydrogens (tertiary/aromatic N) is 3. The molecule has 2 aromatic rings. The van der Waals surface area contributed by atoms with Crippen molar-refractivity contribution in [3.8, 4) is 24.0 Å². The van der Waals surface area contributed by atoms with Crippen molar-refractivity contribution in [3.05, 3.63) is 65.0 Å². The van der Waals surface area contributed by atoms with Gasteiger partial charge in [0, 0.05) is 23.5 Å². The number of nitriles is 2. The van der Waals surface area contributed by atoms with Gasteiger partial charge in [-0.2, -0.15) is 10.5 Å². The summed E-state index contributed by atoms with van der Waals surface area (Å²) in [5, 5.41) is 17.7. The molecule has 0 bridgehead atoms. The van der Waals surface area contributed by atoms with E-state index in [-0.39, 0.29) is 0 Å². The molecule has 1 aromatic carbocycles. The number of rotatable bonds is 0. The van der Waals surface area contributed by atoms with Crippen molar-refractivity contribution in [2.24, 2.45) is 0 Å². The number of hydrogen-bond acceptors (Lipinski definition) is 3. The van der Waals surface area contributed by atoms with E-state index in [2.05, 4.69) is 22.9 Å². The summed E-state index contributed by atoms with van der Waals surface area (Å²) in [5.41, 5.74) is 2.33. The molecule has 0 aliphatic heterocycles. The lowest BCUT2D eigenvalue weighted by atomic mass is 10.1. The first-order valence-corrected chi connectivity index (χ1v) is 5.20. The average Bonchev–Trinajstić information content (AvgIpc) is 2.45. The molecule has 0 amide bonds. The van der Waals surface area contributed by atoms with Gasteiger partial charge < -0.3 is 0 Å². The van der Waals surface area contributed by atoms with E-state index in [1.807, 2.05) is 12.1 Å². The molecule has 3 nitrogen and oxygen atoms in total. The molecule has 0 N–H and O–H groups in total. The Balaban J connectivity index is 2.38. The van der Waals surface area contributed by atoms with Crippen molar-refractivity contribution in [3.63, 3.8) is 0 Å². The summed E-state index contributed by atoms with van der Waals surface area (Å²) in [5.74, 6) is 5.81. The van der Waals surface area contributed by atoms with Gasteiger partial charge >= 0.3 is 0 Å². The van der Waals surface area contributed by atoms with Crippen LogP contribution in [0.15, 0.2) is 42.7 Å². The molecule has 0 radical (unpaired) electrons. The average molecular weight is 229 g/mol. The Bertz CT molecular complexity index is 722. The third-order valence-corrected chi connectivity index (χ3v) is 2.26. The Morgan fingerprint density at radius 1 is 0.833 bits per heavy atom. The van der Waals surface area contributed by atoms with Crippen LogP contribution >= 0.6 is 0 Å². The van der Waals surface area contributed by atoms with Crippen LogP contribution in [-0.4, -0.2) is 4.98 Å². The molecule has 0 atom stereocenters. The van der Waals surface area contributed by atoms with Crippen molar-refractivity contribution < 1.29 is 0 Å². The van der Waals surface area contributed by atoms with Gasteiger partial charge in [-0.3, -0.25) is 4.98 Å². The Morgan fingerprint density at radius 2 is 1.56 bits per heavy atom. The Morgan fingerprint density at radius 3 is 2.28 bits per heavy atom. The van der Waals surface area contributed by atoms with E-state index in [0.29, 0.717) is 22.3 Å². The minimum atomic E-state index is 0.468. The maximum absolute atomic E-state index is 8.92. The van der Waals surface area contributed by atoms with Crippen molar-refractivity contribution in [2.75, 3.05) is 0 Å². The summed E-state index contributed by atoms with van der Waals surface area (Å²) in [7, 11) is 0. The van der Waals surface area contributed by atoms with E-state index in [0.717, 1.165) is 0 Å². The number of aromatic nitrogens is 1. The highest BCUT2D eigenvalue weighted by Crippen LogP contribution is 2.06. The number of hydrogen-bond donors (Lipinski definition) is 0. The largest absolute Gasteiger partial charge is 0.262 e. The Labute approximate surface area is 105 Å². The van der Waals surface area contributed by atoms with Crippen LogP contribution in [0.2, 0.25) is 0 Å². The molecule has 0 saturated carbocycles. The van der Waals surface area contributed by atoms with E-state index in [1.54, 1.807) is 30.5 Å². The predicted molar refractivity (Wildman–Crippen MR) is 66.1 cm³/mol. The van der Waals surface area contributed by atoms with Gasteiger partial charge in [0.15, 0.2) is 0 Å². The minimum Gasteiger partial charge on any atom is -0.262 e. The Kier molecular flexibility index (Phi) is 3.36. The first-order valence-electron chi connectivity index (χ1n) is 5.20. The van der Waals surface area contributed by atoms with Gasteiger partial charge in [-0.05, 0) is 18.2 Å². The fraction of sp³-hybridized carbons (Fsp3) is 0. The molecule has 0 aliphatic rings. The molecule has 3 heteroatoms. The Hall–Kier alpha value is -3.09. The molecule has 0 saturated heterocycles. The molecule has 0 unspecified atom stereocenters. The maximum Gasteiger partial charge on any atom is 0.101 e. The van der Waals surface area contributed by atoms with Crippen LogP contribution in [0.3, 0.4) is 0 Å². The number of benzene rings is 1. The van der Waals surface area contributed by atoms with Gasteiger partial charge in [0.25, 0.3) is 0 Å². The zero-order chi connectivity index (χ0) is 12.8. The van der Waals surface area contributed by atoms with Crippen molar-refractivity contribution in [1.82, 2.24) is 4.98 Å². The van der Waals surface area contributed by atoms with Gasteiger partial charge in [0.1, 0.15) is 12.1 Å². The molecule has 0 aliphatic carbocycles. The lowest BCUT2D eigenvalue weighted by molar-refractivity contribution is 1.29. The SMILES string of the molecule is N#Cc1cncc(C#Cc2ccccc2C#N)c1. The normalized spacial score (nSPS) is 8.56. The highest BCUT2D eigenvalue weighted by Gasteiger charge is 1.96. The third kappa shape index (κ3) is 2.53. The van der Waals surface area contributed by atoms with Crippen molar-refractivity contribution >= 4 is 0 Å². The summed E-state index contributed by atoms with van der Waals surface area (Å²) >= 11 is 0. The van der Waals surface area contributed by atoms with E-state index in [4.69, 9.17) is 10.5 Å². The second-order valence-electron chi connectivity index (χ2n) is 3.48. The van der Waals surface area contributed by atoms with Gasteiger partial charge in [-0.15, -0.1) is 0 Å². The van der Waals surface area contributed by atoms with Crippen LogP contribution < -0.4 is 0 Å².